The van der Waals surface area contributed by atoms with Gasteiger partial charge in [0.2, 0.25) is 5.91 Å². The Kier molecular flexibility index (Phi) is 6.15. The number of carbonyl (C=O) groups is 1. The van der Waals surface area contributed by atoms with Crippen LogP contribution in [0.4, 0.5) is 0 Å². The van der Waals surface area contributed by atoms with Crippen molar-refractivity contribution in [3.05, 3.63) is 16.1 Å². The molecular weight excluding hydrogens is 234 g/mol. The molecule has 0 aliphatic rings. The number of nitrogens with one attached hydrogen (secondary N) is 2. The van der Waals surface area contributed by atoms with Gasteiger partial charge in [-0.2, -0.15) is 0 Å². The predicted molar refractivity (Wildman–Crippen MR) is 71.2 cm³/mol. The van der Waals surface area contributed by atoms with Crippen molar-refractivity contribution in [2.45, 2.75) is 39.7 Å². The van der Waals surface area contributed by atoms with Gasteiger partial charge in [0.1, 0.15) is 5.01 Å². The summed E-state index contributed by atoms with van der Waals surface area (Å²) in [6, 6.07) is 0.217. The number of amides is 1. The lowest BCUT2D eigenvalue weighted by molar-refractivity contribution is -0.120. The van der Waals surface area contributed by atoms with Crippen LogP contribution in [0.1, 0.15) is 43.1 Å². The fourth-order valence-electron chi connectivity index (χ4n) is 1.46. The first-order chi connectivity index (χ1) is 8.17. The van der Waals surface area contributed by atoms with Crippen molar-refractivity contribution in [1.29, 1.82) is 0 Å². The summed E-state index contributed by atoms with van der Waals surface area (Å²) in [5.41, 5.74) is 0. The Labute approximate surface area is 107 Å². The molecule has 4 nitrogen and oxygen atoms in total. The van der Waals surface area contributed by atoms with Crippen LogP contribution in [0.3, 0.4) is 0 Å². The molecule has 1 atom stereocenters. The van der Waals surface area contributed by atoms with Gasteiger partial charge in [-0.15, -0.1) is 11.3 Å². The minimum atomic E-state index is 0.0978. The highest BCUT2D eigenvalue weighted by atomic mass is 32.1. The van der Waals surface area contributed by atoms with Gasteiger partial charge in [-0.3, -0.25) is 4.79 Å². The molecule has 2 N–H and O–H groups in total. The lowest BCUT2D eigenvalue weighted by Crippen LogP contribution is -2.28. The normalized spacial score (nSPS) is 12.4. The number of nitrogens with zero attached hydrogens (tertiary/aromatic N) is 1. The number of aromatic nitrogens is 1. The fraction of sp³-hybridized carbons (Fsp3) is 0.667. The average molecular weight is 255 g/mol. The zero-order valence-corrected chi connectivity index (χ0v) is 11.6. The Morgan fingerprint density at radius 3 is 2.88 bits per heavy atom. The Morgan fingerprint density at radius 2 is 2.29 bits per heavy atom. The Bertz CT molecular complexity index is 351. The van der Waals surface area contributed by atoms with Crippen LogP contribution >= 0.6 is 11.3 Å². The van der Waals surface area contributed by atoms with Crippen molar-refractivity contribution >= 4 is 17.2 Å². The molecule has 1 heterocycles. The minimum Gasteiger partial charge on any atom is -0.356 e. The maximum atomic E-state index is 11.2. The van der Waals surface area contributed by atoms with E-state index >= 15 is 0 Å². The average Bonchev–Trinajstić information content (AvgIpc) is 2.77. The van der Waals surface area contributed by atoms with Crippen LogP contribution in [0.15, 0.2) is 6.20 Å². The number of aryl methyl sites for hydroxylation is 1. The maximum Gasteiger partial charge on any atom is 0.221 e. The van der Waals surface area contributed by atoms with Gasteiger partial charge in [-0.05, 0) is 20.3 Å². The fourth-order valence-corrected chi connectivity index (χ4v) is 2.35. The Morgan fingerprint density at radius 1 is 1.53 bits per heavy atom. The molecule has 0 aromatic carbocycles. The van der Waals surface area contributed by atoms with Crippen molar-refractivity contribution in [2.24, 2.45) is 0 Å². The van der Waals surface area contributed by atoms with Gasteiger partial charge >= 0.3 is 0 Å². The molecule has 96 valence electrons. The van der Waals surface area contributed by atoms with Crippen LogP contribution in [0.25, 0.3) is 0 Å². The molecule has 1 aromatic heterocycles. The van der Waals surface area contributed by atoms with E-state index in [-0.39, 0.29) is 11.9 Å². The van der Waals surface area contributed by atoms with E-state index in [1.54, 1.807) is 11.3 Å². The van der Waals surface area contributed by atoms with Gasteiger partial charge in [0.25, 0.3) is 0 Å². The summed E-state index contributed by atoms with van der Waals surface area (Å²) in [6.45, 7) is 7.52. The third kappa shape index (κ3) is 4.83. The van der Waals surface area contributed by atoms with Crippen molar-refractivity contribution < 1.29 is 4.79 Å². The lowest BCUT2D eigenvalue weighted by Gasteiger charge is -2.10. The van der Waals surface area contributed by atoms with E-state index in [0.29, 0.717) is 19.5 Å². The van der Waals surface area contributed by atoms with Crippen molar-refractivity contribution in [3.8, 4) is 0 Å². The first kappa shape index (κ1) is 14.1. The van der Waals surface area contributed by atoms with E-state index < -0.39 is 0 Å². The van der Waals surface area contributed by atoms with E-state index in [9.17, 15) is 4.79 Å². The number of carbonyl (C=O) groups excluding carboxylic acids is 1. The quantitative estimate of drug-likeness (QED) is 0.782. The summed E-state index contributed by atoms with van der Waals surface area (Å²) in [7, 11) is 0. The monoisotopic (exact) mass is 255 g/mol. The second-order valence-corrected chi connectivity index (χ2v) is 5.04. The molecule has 17 heavy (non-hydrogen) atoms. The molecule has 0 aliphatic carbocycles. The van der Waals surface area contributed by atoms with E-state index in [0.717, 1.165) is 11.4 Å². The van der Waals surface area contributed by atoms with Crippen molar-refractivity contribution in [3.63, 3.8) is 0 Å². The molecule has 0 aliphatic heterocycles. The van der Waals surface area contributed by atoms with Crippen LogP contribution in [0, 0.1) is 0 Å². The summed E-state index contributed by atoms with van der Waals surface area (Å²) in [5.74, 6) is 0.0978. The second-order valence-electron chi connectivity index (χ2n) is 3.90. The van der Waals surface area contributed by atoms with Gasteiger partial charge in [0, 0.05) is 30.6 Å². The van der Waals surface area contributed by atoms with Gasteiger partial charge in [0.05, 0.1) is 6.04 Å². The largest absolute Gasteiger partial charge is 0.356 e. The lowest BCUT2D eigenvalue weighted by atomic mass is 10.3. The minimum absolute atomic E-state index is 0.0978. The summed E-state index contributed by atoms with van der Waals surface area (Å²) in [6.07, 6.45) is 3.48. The van der Waals surface area contributed by atoms with Crippen LogP contribution < -0.4 is 10.6 Å². The highest BCUT2D eigenvalue weighted by Gasteiger charge is 2.09. The number of rotatable bonds is 7. The molecule has 1 amide bonds. The predicted octanol–water partition coefficient (Wildman–Crippen LogP) is 1.88. The highest BCUT2D eigenvalue weighted by Crippen LogP contribution is 2.19. The third-order valence-electron chi connectivity index (χ3n) is 2.47. The van der Waals surface area contributed by atoms with Crippen molar-refractivity contribution in [2.75, 3.05) is 13.1 Å². The van der Waals surface area contributed by atoms with Gasteiger partial charge < -0.3 is 10.6 Å². The van der Waals surface area contributed by atoms with E-state index in [1.807, 2.05) is 13.1 Å². The SMILES string of the molecule is CCNC(=O)CCNC(C)c1ncc(CC)s1. The summed E-state index contributed by atoms with van der Waals surface area (Å²) >= 11 is 1.74. The first-order valence-electron chi connectivity index (χ1n) is 6.12. The molecule has 1 unspecified atom stereocenters. The zero-order valence-electron chi connectivity index (χ0n) is 10.7. The zero-order chi connectivity index (χ0) is 12.7. The molecule has 0 spiro atoms. The third-order valence-corrected chi connectivity index (χ3v) is 3.79. The highest BCUT2D eigenvalue weighted by molar-refractivity contribution is 7.11. The smallest absolute Gasteiger partial charge is 0.221 e. The van der Waals surface area contributed by atoms with E-state index in [4.69, 9.17) is 0 Å². The molecular formula is C12H21N3OS. The first-order valence-corrected chi connectivity index (χ1v) is 6.93. The van der Waals surface area contributed by atoms with Crippen LogP contribution in [0.2, 0.25) is 0 Å². The standard InChI is InChI=1S/C12H21N3OS/c1-4-10-8-15-12(17-10)9(3)14-7-6-11(16)13-5-2/h8-9,14H,4-7H2,1-3H3,(H,13,16). The Balaban J connectivity index is 2.29. The molecule has 5 heteroatoms. The molecule has 0 fully saturated rings. The van der Waals surface area contributed by atoms with Crippen LogP contribution in [-0.2, 0) is 11.2 Å². The van der Waals surface area contributed by atoms with E-state index in [2.05, 4.69) is 29.5 Å². The van der Waals surface area contributed by atoms with Gasteiger partial charge in [-0.25, -0.2) is 4.98 Å². The van der Waals surface area contributed by atoms with Gasteiger partial charge in [-0.1, -0.05) is 6.92 Å². The Hall–Kier alpha value is -0.940. The van der Waals surface area contributed by atoms with Crippen LogP contribution in [-0.4, -0.2) is 24.0 Å². The van der Waals surface area contributed by atoms with Gasteiger partial charge in [0.15, 0.2) is 0 Å². The van der Waals surface area contributed by atoms with Crippen LogP contribution in [0.5, 0.6) is 0 Å². The summed E-state index contributed by atoms with van der Waals surface area (Å²) in [5, 5.41) is 7.19. The molecule has 0 saturated heterocycles. The van der Waals surface area contributed by atoms with E-state index in [1.165, 1.54) is 4.88 Å². The number of hydrogen-bond donors (Lipinski definition) is 2. The molecule has 1 rings (SSSR count). The molecule has 1 aromatic rings. The number of hydrogen-bond acceptors (Lipinski definition) is 4. The second kappa shape index (κ2) is 7.40. The number of thiazole rings is 1. The van der Waals surface area contributed by atoms with Crippen molar-refractivity contribution in [1.82, 2.24) is 15.6 Å². The molecule has 0 saturated carbocycles. The topological polar surface area (TPSA) is 54.0 Å². The summed E-state index contributed by atoms with van der Waals surface area (Å²) in [4.78, 5) is 16.9. The molecule has 0 bridgehead atoms. The summed E-state index contributed by atoms with van der Waals surface area (Å²) < 4.78 is 0. The maximum absolute atomic E-state index is 11.2. The molecule has 0 radical (unpaired) electrons.